The van der Waals surface area contributed by atoms with Gasteiger partial charge in [-0.1, -0.05) is 23.8 Å². The van der Waals surface area contributed by atoms with Gasteiger partial charge in [-0.05, 0) is 43.3 Å². The van der Waals surface area contributed by atoms with Gasteiger partial charge >= 0.3 is 5.97 Å². The van der Waals surface area contributed by atoms with E-state index in [0.29, 0.717) is 23.5 Å². The van der Waals surface area contributed by atoms with Crippen molar-refractivity contribution in [2.75, 3.05) is 18.5 Å². The molecule has 3 rings (SSSR count). The maximum absolute atomic E-state index is 12.5. The van der Waals surface area contributed by atoms with Crippen LogP contribution < -0.4 is 5.32 Å². The molecule has 0 spiro atoms. The monoisotopic (exact) mass is 372 g/mol. The first-order valence-electron chi connectivity index (χ1n) is 8.42. The van der Waals surface area contributed by atoms with Crippen LogP contribution in [0.25, 0.3) is 0 Å². The van der Waals surface area contributed by atoms with Crippen LogP contribution in [0.1, 0.15) is 28.1 Å². The number of hydrogen-bond acceptors (Lipinski definition) is 5. The number of esters is 1. The third kappa shape index (κ3) is 4.29. The molecule has 0 aliphatic carbocycles. The number of hydrogen-bond donors (Lipinski definition) is 1. The highest BCUT2D eigenvalue weighted by Crippen LogP contribution is 2.23. The fraction of sp³-hybridized carbons (Fsp3) is 0.316. The number of nitrogens with zero attached hydrogens (tertiary/aromatic N) is 1. The largest absolute Gasteiger partial charge is 0.454 e. The maximum atomic E-state index is 12.5. The van der Waals surface area contributed by atoms with Gasteiger partial charge in [0.15, 0.2) is 6.61 Å². The lowest BCUT2D eigenvalue weighted by atomic mass is 10.2. The van der Waals surface area contributed by atoms with Crippen molar-refractivity contribution in [3.63, 3.8) is 0 Å². The van der Waals surface area contributed by atoms with Crippen molar-refractivity contribution in [1.29, 1.82) is 0 Å². The quantitative estimate of drug-likeness (QED) is 0.819. The molecule has 2 amide bonds. The molecular weight excluding hydrogens is 352 g/mol. The summed E-state index contributed by atoms with van der Waals surface area (Å²) >= 11 is 1.34. The first kappa shape index (κ1) is 18.1. The van der Waals surface area contributed by atoms with Crippen molar-refractivity contribution in [3.8, 4) is 0 Å². The van der Waals surface area contributed by atoms with Crippen LogP contribution in [0.5, 0.6) is 0 Å². The van der Waals surface area contributed by atoms with Gasteiger partial charge in [-0.25, -0.2) is 4.79 Å². The summed E-state index contributed by atoms with van der Waals surface area (Å²) in [5, 5.41) is 4.50. The van der Waals surface area contributed by atoms with Crippen LogP contribution in [-0.2, 0) is 14.3 Å². The van der Waals surface area contributed by atoms with Gasteiger partial charge in [0.2, 0.25) is 0 Å². The van der Waals surface area contributed by atoms with E-state index in [9.17, 15) is 14.4 Å². The van der Waals surface area contributed by atoms with E-state index in [1.54, 1.807) is 24.3 Å². The molecule has 26 heavy (non-hydrogen) atoms. The van der Waals surface area contributed by atoms with E-state index in [-0.39, 0.29) is 12.5 Å². The molecule has 0 unspecified atom stereocenters. The number of rotatable bonds is 5. The average Bonchev–Trinajstić information content (AvgIpc) is 3.33. The summed E-state index contributed by atoms with van der Waals surface area (Å²) in [6.45, 7) is 2.11. The van der Waals surface area contributed by atoms with Crippen LogP contribution in [0.4, 0.5) is 5.69 Å². The minimum Gasteiger partial charge on any atom is -0.454 e. The van der Waals surface area contributed by atoms with Gasteiger partial charge in [0.25, 0.3) is 11.8 Å². The third-order valence-electron chi connectivity index (χ3n) is 4.20. The van der Waals surface area contributed by atoms with Gasteiger partial charge in [0.1, 0.15) is 6.04 Å². The number of likely N-dealkylation sites (tertiary alicyclic amines) is 1. The van der Waals surface area contributed by atoms with E-state index >= 15 is 0 Å². The molecule has 2 heterocycles. The molecule has 1 saturated heterocycles. The number of carbonyl (C=O) groups excluding carboxylic acids is 3. The second kappa shape index (κ2) is 8.14. The average molecular weight is 372 g/mol. The minimum absolute atomic E-state index is 0.163. The zero-order chi connectivity index (χ0) is 18.5. The number of carbonyl (C=O) groups is 3. The Hall–Kier alpha value is -2.67. The SMILES string of the molecule is Cc1ccc(NC(=O)COC(=O)[C@@H]2CCCN2C(=O)c2cccs2)cc1. The van der Waals surface area contributed by atoms with Crippen LogP contribution in [0.3, 0.4) is 0 Å². The van der Waals surface area contributed by atoms with Crippen molar-refractivity contribution >= 4 is 34.8 Å². The number of benzene rings is 1. The maximum Gasteiger partial charge on any atom is 0.329 e. The predicted octanol–water partition coefficient (Wildman–Crippen LogP) is 2.84. The Morgan fingerprint density at radius 2 is 2.00 bits per heavy atom. The molecule has 6 nitrogen and oxygen atoms in total. The molecule has 1 N–H and O–H groups in total. The lowest BCUT2D eigenvalue weighted by Crippen LogP contribution is -2.41. The minimum atomic E-state index is -0.628. The van der Waals surface area contributed by atoms with Crippen LogP contribution in [0.15, 0.2) is 41.8 Å². The molecule has 1 aliphatic rings. The third-order valence-corrected chi connectivity index (χ3v) is 5.06. The molecule has 136 valence electrons. The van der Waals surface area contributed by atoms with Gasteiger partial charge in [-0.2, -0.15) is 0 Å². The number of anilines is 1. The molecule has 0 bridgehead atoms. The van der Waals surface area contributed by atoms with E-state index in [1.165, 1.54) is 16.2 Å². The van der Waals surface area contributed by atoms with Gasteiger partial charge in [0, 0.05) is 12.2 Å². The molecular formula is C19H20N2O4S. The Labute approximate surface area is 155 Å². The van der Waals surface area contributed by atoms with Gasteiger partial charge in [0.05, 0.1) is 4.88 Å². The summed E-state index contributed by atoms with van der Waals surface area (Å²) in [7, 11) is 0. The van der Waals surface area contributed by atoms with Crippen molar-refractivity contribution in [1.82, 2.24) is 4.90 Å². The van der Waals surface area contributed by atoms with Crippen LogP contribution in [0.2, 0.25) is 0 Å². The summed E-state index contributed by atoms with van der Waals surface area (Å²) in [5.41, 5.74) is 1.73. The summed E-state index contributed by atoms with van der Waals surface area (Å²) in [6.07, 6.45) is 1.29. The first-order chi connectivity index (χ1) is 12.5. The Bertz CT molecular complexity index is 786. The van der Waals surface area contributed by atoms with Crippen LogP contribution >= 0.6 is 11.3 Å². The van der Waals surface area contributed by atoms with Gasteiger partial charge in [-0.15, -0.1) is 11.3 Å². The highest BCUT2D eigenvalue weighted by molar-refractivity contribution is 7.12. The van der Waals surface area contributed by atoms with E-state index < -0.39 is 17.9 Å². The van der Waals surface area contributed by atoms with Crippen molar-refractivity contribution in [3.05, 3.63) is 52.2 Å². The summed E-state index contributed by atoms with van der Waals surface area (Å²) in [5.74, 6) is -1.11. The molecule has 1 aromatic carbocycles. The number of thiophene rings is 1. The summed E-state index contributed by atoms with van der Waals surface area (Å²) < 4.78 is 5.14. The lowest BCUT2D eigenvalue weighted by molar-refractivity contribution is -0.151. The predicted molar refractivity (Wildman–Crippen MR) is 99.1 cm³/mol. The Morgan fingerprint density at radius 3 is 2.69 bits per heavy atom. The zero-order valence-electron chi connectivity index (χ0n) is 14.4. The highest BCUT2D eigenvalue weighted by atomic mass is 32.1. The molecule has 1 aromatic heterocycles. The molecule has 7 heteroatoms. The van der Waals surface area contributed by atoms with Gasteiger partial charge < -0.3 is 15.0 Å². The number of ether oxygens (including phenoxy) is 1. The molecule has 1 atom stereocenters. The fourth-order valence-electron chi connectivity index (χ4n) is 2.86. The zero-order valence-corrected chi connectivity index (χ0v) is 15.3. The smallest absolute Gasteiger partial charge is 0.329 e. The van der Waals surface area contributed by atoms with E-state index in [1.807, 2.05) is 24.4 Å². The Balaban J connectivity index is 1.53. The molecule has 1 fully saturated rings. The fourth-order valence-corrected chi connectivity index (χ4v) is 3.54. The lowest BCUT2D eigenvalue weighted by Gasteiger charge is -2.22. The number of amides is 2. The standard InChI is InChI=1S/C19H20N2O4S/c1-13-6-8-14(9-7-13)20-17(22)12-25-19(24)15-4-2-10-21(15)18(23)16-5-3-11-26-16/h3,5-9,11,15H,2,4,10,12H2,1H3,(H,20,22)/t15-/m0/s1. The first-order valence-corrected chi connectivity index (χ1v) is 9.30. The van der Waals surface area contributed by atoms with Crippen molar-refractivity contribution in [2.24, 2.45) is 0 Å². The van der Waals surface area contributed by atoms with Crippen molar-refractivity contribution in [2.45, 2.75) is 25.8 Å². The Morgan fingerprint density at radius 1 is 1.23 bits per heavy atom. The number of aryl methyl sites for hydroxylation is 1. The molecule has 2 aromatic rings. The van der Waals surface area contributed by atoms with E-state index in [0.717, 1.165) is 12.0 Å². The number of nitrogens with one attached hydrogen (secondary N) is 1. The van der Waals surface area contributed by atoms with Gasteiger partial charge in [-0.3, -0.25) is 9.59 Å². The normalized spacial score (nSPS) is 16.3. The highest BCUT2D eigenvalue weighted by Gasteiger charge is 2.36. The summed E-state index contributed by atoms with van der Waals surface area (Å²) in [6, 6.07) is 10.2. The van der Waals surface area contributed by atoms with Crippen molar-refractivity contribution < 1.29 is 19.1 Å². The van der Waals surface area contributed by atoms with Crippen LogP contribution in [0, 0.1) is 6.92 Å². The second-order valence-electron chi connectivity index (χ2n) is 6.16. The molecule has 0 radical (unpaired) electrons. The van der Waals surface area contributed by atoms with Crippen LogP contribution in [-0.4, -0.2) is 41.9 Å². The molecule has 1 aliphatic heterocycles. The summed E-state index contributed by atoms with van der Waals surface area (Å²) in [4.78, 5) is 38.9. The topological polar surface area (TPSA) is 75.7 Å². The Kier molecular flexibility index (Phi) is 5.68. The molecule has 0 saturated carbocycles. The van der Waals surface area contributed by atoms with E-state index in [4.69, 9.17) is 4.74 Å². The van der Waals surface area contributed by atoms with E-state index in [2.05, 4.69) is 5.32 Å². The second-order valence-corrected chi connectivity index (χ2v) is 7.10.